The molecule has 0 aliphatic rings. The van der Waals surface area contributed by atoms with Crippen LogP contribution in [0.4, 0.5) is 18.9 Å². The van der Waals surface area contributed by atoms with Crippen molar-refractivity contribution < 1.29 is 27.9 Å². The molecule has 0 aliphatic heterocycles. The molecule has 4 N–H and O–H groups in total. The number of imidazole rings is 1. The summed E-state index contributed by atoms with van der Waals surface area (Å²) in [5.74, 6) is -1.89. The summed E-state index contributed by atoms with van der Waals surface area (Å²) in [5.41, 5.74) is 5.91. The number of carbonyl (C=O) groups is 2. The number of nitrogens with two attached hydrogens (primary N) is 1. The van der Waals surface area contributed by atoms with Gasteiger partial charge in [-0.2, -0.15) is 13.2 Å². The number of carbonyl (C=O) groups excluding carboxylic acids is 1. The topological polar surface area (TPSA) is 110 Å². The van der Waals surface area contributed by atoms with Gasteiger partial charge in [0.05, 0.1) is 16.8 Å². The lowest BCUT2D eigenvalue weighted by molar-refractivity contribution is -0.138. The van der Waals surface area contributed by atoms with Crippen LogP contribution in [0.2, 0.25) is 0 Å². The Hall–Kier alpha value is -4.18. The number of carboxylic acids is 1. The van der Waals surface area contributed by atoms with E-state index in [0.717, 1.165) is 6.07 Å². The first-order valence-electron chi connectivity index (χ1n) is 10.2. The predicted molar refractivity (Wildman–Crippen MR) is 119 cm³/mol. The summed E-state index contributed by atoms with van der Waals surface area (Å²) in [4.78, 5) is 28.3. The summed E-state index contributed by atoms with van der Waals surface area (Å²) in [5, 5.41) is 11.7. The lowest BCUT2D eigenvalue weighted by atomic mass is 10.0. The van der Waals surface area contributed by atoms with E-state index in [-0.39, 0.29) is 23.5 Å². The van der Waals surface area contributed by atoms with Crippen molar-refractivity contribution in [1.82, 2.24) is 9.38 Å². The first kappa shape index (κ1) is 23.0. The Kier molecular flexibility index (Phi) is 6.08. The van der Waals surface area contributed by atoms with Crippen molar-refractivity contribution in [1.29, 1.82) is 0 Å². The fourth-order valence-corrected chi connectivity index (χ4v) is 3.64. The van der Waals surface area contributed by atoms with Gasteiger partial charge in [0.2, 0.25) is 5.82 Å². The minimum absolute atomic E-state index is 0.0276. The van der Waals surface area contributed by atoms with Crippen LogP contribution in [0, 0.1) is 0 Å². The van der Waals surface area contributed by atoms with Crippen LogP contribution in [0.1, 0.15) is 21.7 Å². The number of benzene rings is 2. The van der Waals surface area contributed by atoms with Crippen LogP contribution in [0.15, 0.2) is 72.9 Å². The lowest BCUT2D eigenvalue weighted by Gasteiger charge is -2.11. The van der Waals surface area contributed by atoms with E-state index < -0.39 is 29.7 Å². The van der Waals surface area contributed by atoms with Crippen LogP contribution in [0.3, 0.4) is 0 Å². The van der Waals surface area contributed by atoms with Crippen LogP contribution >= 0.6 is 0 Å². The Balaban J connectivity index is 1.71. The molecule has 0 fully saturated rings. The number of hydrogen-bond acceptors (Lipinski definition) is 4. The fraction of sp³-hybridized carbons (Fsp3) is 0.125. The molecule has 1 amide bonds. The lowest BCUT2D eigenvalue weighted by Crippen LogP contribution is -2.32. The van der Waals surface area contributed by atoms with E-state index in [1.165, 1.54) is 22.6 Å². The molecule has 34 heavy (non-hydrogen) atoms. The molecule has 2 heterocycles. The average molecular weight is 468 g/mol. The molecule has 2 aromatic carbocycles. The molecule has 4 rings (SSSR count). The number of nitrogens with zero attached hydrogens (tertiary/aromatic N) is 2. The number of amides is 1. The maximum absolute atomic E-state index is 13.6. The molecule has 2 aromatic heterocycles. The Bertz CT molecular complexity index is 1380. The summed E-state index contributed by atoms with van der Waals surface area (Å²) < 4.78 is 42.2. The van der Waals surface area contributed by atoms with Gasteiger partial charge in [0, 0.05) is 17.4 Å². The Morgan fingerprint density at radius 3 is 2.53 bits per heavy atom. The normalized spacial score (nSPS) is 12.5. The third-order valence-corrected chi connectivity index (χ3v) is 5.20. The first-order chi connectivity index (χ1) is 16.1. The number of rotatable bonds is 6. The zero-order chi connectivity index (χ0) is 24.5. The highest BCUT2D eigenvalue weighted by atomic mass is 19.4. The molecule has 10 heteroatoms. The molecule has 0 spiro atoms. The van der Waals surface area contributed by atoms with Gasteiger partial charge in [0.25, 0.3) is 5.91 Å². The number of alkyl halides is 3. The second-order valence-corrected chi connectivity index (χ2v) is 7.59. The van der Waals surface area contributed by atoms with Gasteiger partial charge < -0.3 is 16.2 Å². The van der Waals surface area contributed by atoms with Crippen molar-refractivity contribution in [3.8, 4) is 11.3 Å². The maximum atomic E-state index is 13.6. The number of aliphatic carboxylic acids is 1. The third-order valence-electron chi connectivity index (χ3n) is 5.20. The van der Waals surface area contributed by atoms with Crippen LogP contribution in [-0.4, -0.2) is 32.4 Å². The van der Waals surface area contributed by atoms with E-state index in [0.29, 0.717) is 16.8 Å². The summed E-state index contributed by atoms with van der Waals surface area (Å²) >= 11 is 0. The van der Waals surface area contributed by atoms with Crippen molar-refractivity contribution in [2.75, 3.05) is 5.32 Å². The van der Waals surface area contributed by atoms with Gasteiger partial charge in [-0.25, -0.2) is 4.98 Å². The summed E-state index contributed by atoms with van der Waals surface area (Å²) in [6, 6.07) is 15.3. The first-order valence-corrected chi connectivity index (χ1v) is 10.2. The van der Waals surface area contributed by atoms with E-state index in [2.05, 4.69) is 10.3 Å². The number of carboxylic acid groups (broad SMARTS) is 1. The summed E-state index contributed by atoms with van der Waals surface area (Å²) in [6.07, 6.45) is -3.00. The predicted octanol–water partition coefficient (Wildman–Crippen LogP) is 4.23. The number of halogens is 3. The van der Waals surface area contributed by atoms with Crippen molar-refractivity contribution in [2.45, 2.75) is 18.6 Å². The molecule has 4 aromatic rings. The number of anilines is 1. The Morgan fingerprint density at radius 2 is 1.79 bits per heavy atom. The molecule has 0 unspecified atom stereocenters. The molecule has 1 atom stereocenters. The van der Waals surface area contributed by atoms with Gasteiger partial charge in [-0.05, 0) is 42.3 Å². The second kappa shape index (κ2) is 8.99. The minimum Gasteiger partial charge on any atom is -0.480 e. The smallest absolute Gasteiger partial charge is 0.417 e. The zero-order valence-electron chi connectivity index (χ0n) is 17.6. The van der Waals surface area contributed by atoms with Crippen LogP contribution in [0.5, 0.6) is 0 Å². The molecule has 7 nitrogen and oxygen atoms in total. The quantitative estimate of drug-likeness (QED) is 0.392. The fourth-order valence-electron chi connectivity index (χ4n) is 3.64. The van der Waals surface area contributed by atoms with E-state index in [1.54, 1.807) is 48.7 Å². The van der Waals surface area contributed by atoms with Crippen molar-refractivity contribution in [3.63, 3.8) is 0 Å². The number of nitrogens with one attached hydrogen (secondary N) is 1. The van der Waals surface area contributed by atoms with E-state index in [4.69, 9.17) is 10.8 Å². The number of pyridine rings is 1. The largest absolute Gasteiger partial charge is 0.480 e. The molecule has 0 saturated heterocycles. The van der Waals surface area contributed by atoms with Crippen LogP contribution < -0.4 is 11.1 Å². The van der Waals surface area contributed by atoms with Gasteiger partial charge in [-0.15, -0.1) is 0 Å². The van der Waals surface area contributed by atoms with Gasteiger partial charge in [0.1, 0.15) is 6.04 Å². The van der Waals surface area contributed by atoms with E-state index in [1.807, 2.05) is 0 Å². The number of hydrogen-bond donors (Lipinski definition) is 3. The molecule has 0 radical (unpaired) electrons. The van der Waals surface area contributed by atoms with Crippen LogP contribution in [0.25, 0.3) is 16.8 Å². The van der Waals surface area contributed by atoms with E-state index >= 15 is 0 Å². The van der Waals surface area contributed by atoms with Crippen molar-refractivity contribution in [3.05, 3.63) is 89.9 Å². The van der Waals surface area contributed by atoms with Crippen molar-refractivity contribution >= 4 is 23.1 Å². The molecule has 0 bridgehead atoms. The molecular formula is C24H19F3N4O3. The average Bonchev–Trinajstić information content (AvgIpc) is 3.18. The highest BCUT2D eigenvalue weighted by molar-refractivity contribution is 6.03. The number of aromatic nitrogens is 2. The summed E-state index contributed by atoms with van der Waals surface area (Å²) in [6.45, 7) is 0. The Labute approximate surface area is 191 Å². The summed E-state index contributed by atoms with van der Waals surface area (Å²) in [7, 11) is 0. The number of fused-ring (bicyclic) bond motifs is 1. The molecule has 0 saturated carbocycles. The van der Waals surface area contributed by atoms with Gasteiger partial charge in [-0.1, -0.05) is 36.4 Å². The molecule has 174 valence electrons. The highest BCUT2D eigenvalue weighted by Crippen LogP contribution is 2.38. The van der Waals surface area contributed by atoms with Gasteiger partial charge >= 0.3 is 12.1 Å². The Morgan fingerprint density at radius 1 is 1.06 bits per heavy atom. The van der Waals surface area contributed by atoms with Gasteiger partial charge in [0.15, 0.2) is 0 Å². The monoisotopic (exact) mass is 468 g/mol. The minimum atomic E-state index is -4.60. The van der Waals surface area contributed by atoms with E-state index in [9.17, 15) is 22.8 Å². The van der Waals surface area contributed by atoms with Crippen LogP contribution in [-0.2, 0) is 17.4 Å². The highest BCUT2D eigenvalue weighted by Gasteiger charge is 2.34. The zero-order valence-corrected chi connectivity index (χ0v) is 17.6. The second-order valence-electron chi connectivity index (χ2n) is 7.59. The molecule has 0 aliphatic carbocycles. The standard InChI is InChI=1S/C24H19F3N4O3/c25-24(26,27)17-9-2-1-8-16(17)20-19-10-3-4-11-31(19)21(30-20)22(32)29-15-7-5-6-14(12-15)13-18(28)23(33)34/h1-12,18H,13,28H2,(H,29,32)(H,33,34)/t18-/m0/s1. The third kappa shape index (κ3) is 4.62. The van der Waals surface area contributed by atoms with Crippen molar-refractivity contribution in [2.24, 2.45) is 5.73 Å². The maximum Gasteiger partial charge on any atom is 0.417 e. The van der Waals surface area contributed by atoms with Gasteiger partial charge in [-0.3, -0.25) is 14.0 Å². The SMILES string of the molecule is N[C@@H](Cc1cccc(NC(=O)c2nc(-c3ccccc3C(F)(F)F)c3ccccn23)c1)C(=O)O. The molecular weight excluding hydrogens is 449 g/mol.